The quantitative estimate of drug-likeness (QED) is 0.717. The van der Waals surface area contributed by atoms with Crippen LogP contribution in [0.25, 0.3) is 11.0 Å². The lowest BCUT2D eigenvalue weighted by atomic mass is 9.96. The monoisotopic (exact) mass is 365 g/mol. The van der Waals surface area contributed by atoms with Gasteiger partial charge in [-0.3, -0.25) is 4.90 Å². The molecule has 0 spiro atoms. The van der Waals surface area contributed by atoms with Crippen molar-refractivity contribution in [1.82, 2.24) is 4.90 Å². The van der Waals surface area contributed by atoms with Crippen LogP contribution in [-0.4, -0.2) is 29.9 Å². The maximum Gasteiger partial charge on any atom is 0.345 e. The smallest absolute Gasteiger partial charge is 0.345 e. The maximum absolute atomic E-state index is 12.8. The summed E-state index contributed by atoms with van der Waals surface area (Å²) in [5, 5.41) is 11.5. The molecule has 2 aromatic carbocycles. The molecule has 1 aromatic heterocycles. The van der Waals surface area contributed by atoms with Crippen molar-refractivity contribution in [3.63, 3.8) is 0 Å². The van der Waals surface area contributed by atoms with Crippen molar-refractivity contribution in [2.24, 2.45) is 0 Å². The number of benzene rings is 2. The fraction of sp³-hybridized carbons (Fsp3) is 0.286. The van der Waals surface area contributed by atoms with Gasteiger partial charge >= 0.3 is 5.63 Å². The zero-order chi connectivity index (χ0) is 18.4. The van der Waals surface area contributed by atoms with Crippen LogP contribution in [-0.2, 0) is 0 Å². The molecule has 138 valence electrons. The number of hydrogen-bond donors (Lipinski definition) is 1. The van der Waals surface area contributed by atoms with Gasteiger partial charge in [-0.2, -0.15) is 0 Å². The Labute approximate surface area is 155 Å². The van der Waals surface area contributed by atoms with Crippen LogP contribution in [0.4, 0.5) is 0 Å². The number of fused-ring (bicyclic) bond motifs is 2. The molecule has 0 aliphatic carbocycles. The highest BCUT2D eigenvalue weighted by Crippen LogP contribution is 2.41. The van der Waals surface area contributed by atoms with Gasteiger partial charge in [0.1, 0.15) is 16.9 Å². The molecule has 0 saturated carbocycles. The minimum Gasteiger partial charge on any atom is -0.507 e. The number of rotatable bonds is 3. The number of para-hydroxylation sites is 1. The van der Waals surface area contributed by atoms with Crippen LogP contribution in [0.2, 0.25) is 0 Å². The van der Waals surface area contributed by atoms with Gasteiger partial charge in [0.2, 0.25) is 6.79 Å². The highest BCUT2D eigenvalue weighted by molar-refractivity contribution is 5.84. The van der Waals surface area contributed by atoms with Gasteiger partial charge in [-0.05, 0) is 55.8 Å². The van der Waals surface area contributed by atoms with E-state index in [1.807, 2.05) is 24.3 Å². The second-order valence-corrected chi connectivity index (χ2v) is 6.91. The molecular weight excluding hydrogens is 346 g/mol. The van der Waals surface area contributed by atoms with Crippen molar-refractivity contribution >= 4 is 11.0 Å². The van der Waals surface area contributed by atoms with E-state index >= 15 is 0 Å². The Morgan fingerprint density at radius 1 is 1.00 bits per heavy atom. The second-order valence-electron chi connectivity index (χ2n) is 6.91. The molecule has 2 aliphatic heterocycles. The van der Waals surface area contributed by atoms with E-state index in [0.717, 1.165) is 31.5 Å². The summed E-state index contributed by atoms with van der Waals surface area (Å²) in [6.45, 7) is 1.90. The molecule has 3 aromatic rings. The minimum absolute atomic E-state index is 0.0172. The van der Waals surface area contributed by atoms with Crippen LogP contribution in [0.15, 0.2) is 51.7 Å². The van der Waals surface area contributed by atoms with Gasteiger partial charge < -0.3 is 19.0 Å². The van der Waals surface area contributed by atoms with Gasteiger partial charge in [-0.15, -0.1) is 0 Å². The van der Waals surface area contributed by atoms with Gasteiger partial charge in [0.15, 0.2) is 11.5 Å². The Kier molecular flexibility index (Phi) is 3.79. The lowest BCUT2D eigenvalue weighted by Crippen LogP contribution is -2.30. The molecule has 0 bridgehead atoms. The van der Waals surface area contributed by atoms with Crippen LogP contribution in [0.1, 0.15) is 30.0 Å². The summed E-state index contributed by atoms with van der Waals surface area (Å²) in [4.78, 5) is 15.1. The van der Waals surface area contributed by atoms with Crippen molar-refractivity contribution in [2.75, 3.05) is 19.9 Å². The minimum atomic E-state index is -0.513. The molecule has 27 heavy (non-hydrogen) atoms. The van der Waals surface area contributed by atoms with Crippen LogP contribution in [0.5, 0.6) is 17.2 Å². The molecule has 0 amide bonds. The highest BCUT2D eigenvalue weighted by Gasteiger charge is 2.32. The first kappa shape index (κ1) is 16.2. The summed E-state index contributed by atoms with van der Waals surface area (Å²) in [7, 11) is 0. The Morgan fingerprint density at radius 3 is 2.63 bits per heavy atom. The molecule has 5 rings (SSSR count). The standard InChI is InChI=1S/C21H19NO5/c23-20-14-5-1-2-6-15(14)27-21(24)18(20)19(22-9-3-4-10-22)13-7-8-16-17(11-13)26-12-25-16/h1-2,5-8,11,19,23H,3-4,9-10,12H2/t19-/m1/s1. The lowest BCUT2D eigenvalue weighted by Gasteiger charge is -2.28. The van der Waals surface area contributed by atoms with Gasteiger partial charge in [0, 0.05) is 0 Å². The SMILES string of the molecule is O=c1oc2ccccc2c(O)c1[C@@H](c1ccc2c(c1)OCO2)N1CCCC1. The van der Waals surface area contributed by atoms with Crippen molar-refractivity contribution < 1.29 is 19.0 Å². The molecule has 0 unspecified atom stereocenters. The van der Waals surface area contributed by atoms with E-state index in [1.54, 1.807) is 18.2 Å². The zero-order valence-electron chi connectivity index (χ0n) is 14.7. The summed E-state index contributed by atoms with van der Waals surface area (Å²) in [5.74, 6) is 1.33. The van der Waals surface area contributed by atoms with E-state index in [1.165, 1.54) is 0 Å². The van der Waals surface area contributed by atoms with Crippen molar-refractivity contribution in [1.29, 1.82) is 0 Å². The average Bonchev–Trinajstić information content (AvgIpc) is 3.36. The summed E-state index contributed by atoms with van der Waals surface area (Å²) in [6, 6.07) is 12.3. The van der Waals surface area contributed by atoms with Crippen LogP contribution in [0.3, 0.4) is 0 Å². The molecule has 1 saturated heterocycles. The molecule has 3 heterocycles. The molecule has 1 N–H and O–H groups in total. The van der Waals surface area contributed by atoms with E-state index in [2.05, 4.69) is 4.90 Å². The van der Waals surface area contributed by atoms with E-state index in [9.17, 15) is 9.90 Å². The first-order chi connectivity index (χ1) is 13.2. The van der Waals surface area contributed by atoms with Crippen LogP contribution in [0, 0.1) is 0 Å². The third-order valence-electron chi connectivity index (χ3n) is 5.31. The average molecular weight is 365 g/mol. The topological polar surface area (TPSA) is 72.1 Å². The number of hydrogen-bond acceptors (Lipinski definition) is 6. The molecule has 1 fully saturated rings. The Bertz CT molecular complexity index is 1070. The zero-order valence-corrected chi connectivity index (χ0v) is 14.7. The number of ether oxygens (including phenoxy) is 2. The summed E-state index contributed by atoms with van der Waals surface area (Å²) < 4.78 is 16.4. The van der Waals surface area contributed by atoms with Crippen LogP contribution >= 0.6 is 0 Å². The summed E-state index contributed by atoms with van der Waals surface area (Å²) in [6.07, 6.45) is 2.11. The first-order valence-corrected chi connectivity index (χ1v) is 9.10. The lowest BCUT2D eigenvalue weighted by molar-refractivity contribution is 0.174. The molecule has 6 heteroatoms. The summed E-state index contributed by atoms with van der Waals surface area (Å²) >= 11 is 0. The van der Waals surface area contributed by atoms with E-state index in [4.69, 9.17) is 13.9 Å². The van der Waals surface area contributed by atoms with Gasteiger partial charge in [0.05, 0.1) is 11.4 Å². The Hall–Kier alpha value is -2.99. The predicted octanol–water partition coefficient (Wildman–Crippen LogP) is 3.41. The molecule has 6 nitrogen and oxygen atoms in total. The Morgan fingerprint density at radius 2 is 1.78 bits per heavy atom. The predicted molar refractivity (Wildman–Crippen MR) is 99.4 cm³/mol. The van der Waals surface area contributed by atoms with E-state index in [-0.39, 0.29) is 18.1 Å². The number of nitrogens with zero attached hydrogens (tertiary/aromatic N) is 1. The highest BCUT2D eigenvalue weighted by atomic mass is 16.7. The van der Waals surface area contributed by atoms with Crippen molar-refractivity contribution in [2.45, 2.75) is 18.9 Å². The molecule has 1 atom stereocenters. The fourth-order valence-electron chi connectivity index (χ4n) is 4.03. The normalized spacial score (nSPS) is 17.5. The number of aromatic hydroxyl groups is 1. The third kappa shape index (κ3) is 2.64. The maximum atomic E-state index is 12.8. The third-order valence-corrected chi connectivity index (χ3v) is 5.31. The van der Waals surface area contributed by atoms with E-state index in [0.29, 0.717) is 22.5 Å². The van der Waals surface area contributed by atoms with Gasteiger partial charge in [-0.25, -0.2) is 4.79 Å². The van der Waals surface area contributed by atoms with Crippen molar-refractivity contribution in [3.8, 4) is 17.2 Å². The second kappa shape index (κ2) is 6.32. The molecule has 2 aliphatic rings. The number of likely N-dealkylation sites (tertiary alicyclic amines) is 1. The van der Waals surface area contributed by atoms with E-state index < -0.39 is 11.7 Å². The van der Waals surface area contributed by atoms with Crippen LogP contribution < -0.4 is 15.1 Å². The van der Waals surface area contributed by atoms with Gasteiger partial charge in [0.25, 0.3) is 0 Å². The Balaban J connectivity index is 1.72. The fourth-order valence-corrected chi connectivity index (χ4v) is 4.03. The summed E-state index contributed by atoms with van der Waals surface area (Å²) in [5.41, 5.74) is 1.02. The first-order valence-electron chi connectivity index (χ1n) is 9.10. The molecule has 0 radical (unpaired) electrons. The molecular formula is C21H19NO5. The largest absolute Gasteiger partial charge is 0.507 e. The van der Waals surface area contributed by atoms with Gasteiger partial charge in [-0.1, -0.05) is 18.2 Å². The van der Waals surface area contributed by atoms with Crippen molar-refractivity contribution in [3.05, 3.63) is 64.0 Å².